The van der Waals surface area contributed by atoms with E-state index >= 15 is 0 Å². The zero-order valence-electron chi connectivity index (χ0n) is 20.9. The van der Waals surface area contributed by atoms with Crippen molar-refractivity contribution in [1.82, 2.24) is 10.2 Å². The third-order valence-corrected chi connectivity index (χ3v) is 7.27. The fourth-order valence-electron chi connectivity index (χ4n) is 4.97. The van der Waals surface area contributed by atoms with Crippen LogP contribution in [-0.2, 0) is 21.7 Å². The molecule has 1 aliphatic heterocycles. The molecule has 8 heteroatoms. The number of nitrogens with one attached hydrogen (secondary N) is 1. The van der Waals surface area contributed by atoms with Crippen LogP contribution in [0, 0.1) is 5.82 Å². The third kappa shape index (κ3) is 5.94. The van der Waals surface area contributed by atoms with E-state index in [2.05, 4.69) is 5.32 Å². The number of anilines is 1. The summed E-state index contributed by atoms with van der Waals surface area (Å²) in [5.74, 6) is 0.131. The number of hydrogen-bond donors (Lipinski definition) is 1. The Kier molecular flexibility index (Phi) is 8.26. The third-order valence-electron chi connectivity index (χ3n) is 7.27. The molecule has 0 aromatic heterocycles. The van der Waals surface area contributed by atoms with Crippen LogP contribution in [0.5, 0.6) is 5.75 Å². The summed E-state index contributed by atoms with van der Waals surface area (Å²) < 4.78 is 31.9. The predicted octanol–water partition coefficient (Wildman–Crippen LogP) is 4.30. The van der Waals surface area contributed by atoms with Gasteiger partial charge in [0.25, 0.3) is 0 Å². The summed E-state index contributed by atoms with van der Waals surface area (Å²) in [7, 11) is 5.20. The average Bonchev–Trinajstić information content (AvgIpc) is 2.91. The highest BCUT2D eigenvalue weighted by Crippen LogP contribution is 2.42. The first-order valence-electron chi connectivity index (χ1n) is 12.3. The van der Waals surface area contributed by atoms with Crippen LogP contribution < -0.4 is 15.0 Å². The van der Waals surface area contributed by atoms with Gasteiger partial charge >= 0.3 is 6.03 Å². The number of hydrogen-bond acceptors (Lipinski definition) is 5. The molecule has 7 nitrogen and oxygen atoms in total. The molecule has 2 fully saturated rings. The van der Waals surface area contributed by atoms with Crippen molar-refractivity contribution < 1.29 is 23.4 Å². The molecule has 2 aliphatic rings. The topological polar surface area (TPSA) is 63.3 Å². The molecule has 4 rings (SSSR count). The molecule has 35 heavy (non-hydrogen) atoms. The lowest BCUT2D eigenvalue weighted by Gasteiger charge is -2.39. The predicted molar refractivity (Wildman–Crippen MR) is 133 cm³/mol. The molecule has 190 valence electrons. The van der Waals surface area contributed by atoms with Gasteiger partial charge in [-0.15, -0.1) is 0 Å². The average molecular weight is 486 g/mol. The maximum Gasteiger partial charge on any atom is 0.324 e. The molecule has 1 aliphatic carbocycles. The molecular weight excluding hydrogens is 449 g/mol. The zero-order valence-corrected chi connectivity index (χ0v) is 20.9. The van der Waals surface area contributed by atoms with E-state index in [0.29, 0.717) is 25.4 Å². The van der Waals surface area contributed by atoms with Gasteiger partial charge in [0.15, 0.2) is 0 Å². The monoisotopic (exact) mass is 485 g/mol. The van der Waals surface area contributed by atoms with Gasteiger partial charge in [0.2, 0.25) is 0 Å². The Morgan fingerprint density at radius 2 is 1.80 bits per heavy atom. The van der Waals surface area contributed by atoms with E-state index in [1.807, 2.05) is 35.2 Å². The first-order valence-corrected chi connectivity index (χ1v) is 12.3. The van der Waals surface area contributed by atoms with Crippen molar-refractivity contribution >= 4 is 11.7 Å². The molecular formula is C27H36FN3O4. The molecule has 2 aromatic rings. The van der Waals surface area contributed by atoms with Crippen molar-refractivity contribution in [2.75, 3.05) is 52.3 Å². The molecule has 0 spiro atoms. The molecule has 1 N–H and O–H groups in total. The van der Waals surface area contributed by atoms with Crippen molar-refractivity contribution in [2.45, 2.75) is 44.0 Å². The van der Waals surface area contributed by atoms with Crippen molar-refractivity contribution in [2.24, 2.45) is 0 Å². The smallest absolute Gasteiger partial charge is 0.324 e. The molecule has 2 aromatic carbocycles. The second kappa shape index (κ2) is 11.4. The summed E-state index contributed by atoms with van der Waals surface area (Å²) in [4.78, 5) is 16.2. The van der Waals surface area contributed by atoms with Gasteiger partial charge in [-0.1, -0.05) is 12.1 Å². The van der Waals surface area contributed by atoms with E-state index in [1.54, 1.807) is 32.2 Å². The normalized spacial score (nSPS) is 22.6. The quantitative estimate of drug-likeness (QED) is 0.634. The number of benzene rings is 2. The Bertz CT molecular complexity index is 986. The summed E-state index contributed by atoms with van der Waals surface area (Å²) in [6.07, 6.45) is 3.50. The number of urea groups is 1. The fourth-order valence-corrected chi connectivity index (χ4v) is 4.97. The van der Waals surface area contributed by atoms with Crippen LogP contribution >= 0.6 is 0 Å². The van der Waals surface area contributed by atoms with Crippen LogP contribution in [0.4, 0.5) is 14.9 Å². The molecule has 0 radical (unpaired) electrons. The highest BCUT2D eigenvalue weighted by molar-refractivity contribution is 5.91. The molecule has 0 atom stereocenters. The van der Waals surface area contributed by atoms with Crippen LogP contribution in [-0.4, -0.2) is 64.5 Å². The first kappa shape index (κ1) is 25.4. The fraction of sp³-hybridized carbons (Fsp3) is 0.519. The molecule has 1 saturated carbocycles. The maximum atomic E-state index is 14.5. The Labute approximate surface area is 207 Å². The van der Waals surface area contributed by atoms with Gasteiger partial charge in [0, 0.05) is 59.2 Å². The van der Waals surface area contributed by atoms with Crippen molar-refractivity contribution in [1.29, 1.82) is 0 Å². The number of halogens is 1. The minimum absolute atomic E-state index is 0.00519. The largest absolute Gasteiger partial charge is 0.489 e. The number of carbonyl (C=O) groups is 1. The van der Waals surface area contributed by atoms with Gasteiger partial charge in [-0.2, -0.15) is 0 Å². The van der Waals surface area contributed by atoms with E-state index < -0.39 is 5.60 Å². The molecule has 1 saturated heterocycles. The lowest BCUT2D eigenvalue weighted by atomic mass is 9.78. The van der Waals surface area contributed by atoms with E-state index in [1.165, 1.54) is 6.07 Å². The molecule has 2 amide bonds. The van der Waals surface area contributed by atoms with Crippen LogP contribution in [0.2, 0.25) is 0 Å². The Balaban J connectivity index is 1.39. The summed E-state index contributed by atoms with van der Waals surface area (Å²) in [6.45, 7) is 3.35. The van der Waals surface area contributed by atoms with Crippen LogP contribution in [0.3, 0.4) is 0 Å². The van der Waals surface area contributed by atoms with E-state index in [-0.39, 0.29) is 18.0 Å². The first-order chi connectivity index (χ1) is 16.9. The van der Waals surface area contributed by atoms with Gasteiger partial charge in [-0.25, -0.2) is 9.18 Å². The Morgan fingerprint density at radius 1 is 1.11 bits per heavy atom. The van der Waals surface area contributed by atoms with Crippen molar-refractivity contribution in [3.8, 4) is 5.75 Å². The lowest BCUT2D eigenvalue weighted by molar-refractivity contribution is -0.0764. The van der Waals surface area contributed by atoms with Gasteiger partial charge in [-0.05, 0) is 61.1 Å². The Morgan fingerprint density at radius 3 is 2.43 bits per heavy atom. The SMILES string of the molecule is CO[C@H]1CC[C@](OC)(c2cc(F)cc(OCc3ccc(N(C)C(=O)N4CCNCC4)cc3)c2)CC1. The second-order valence-corrected chi connectivity index (χ2v) is 9.34. The zero-order chi connectivity index (χ0) is 24.8. The second-order valence-electron chi connectivity index (χ2n) is 9.34. The number of ether oxygens (including phenoxy) is 3. The van der Waals surface area contributed by atoms with Gasteiger partial charge in [-0.3, -0.25) is 4.90 Å². The van der Waals surface area contributed by atoms with E-state index in [4.69, 9.17) is 14.2 Å². The van der Waals surface area contributed by atoms with Crippen LogP contribution in [0.1, 0.15) is 36.8 Å². The standard InChI is InChI=1S/C27H36FN3O4/c1-30(26(32)31-14-12-29-13-15-31)23-6-4-20(5-7-23)19-35-25-17-21(16-22(28)18-25)27(34-3)10-8-24(33-2)9-11-27/h4-7,16-18,24,29H,8-15,19H2,1-3H3/t24-,27+. The van der Waals surface area contributed by atoms with Crippen LogP contribution in [0.15, 0.2) is 42.5 Å². The van der Waals surface area contributed by atoms with Crippen molar-refractivity contribution in [3.05, 3.63) is 59.4 Å². The molecule has 0 bridgehead atoms. The number of carbonyl (C=O) groups excluding carboxylic acids is 1. The van der Waals surface area contributed by atoms with Crippen LogP contribution in [0.25, 0.3) is 0 Å². The maximum absolute atomic E-state index is 14.5. The number of rotatable bonds is 7. The molecule has 1 heterocycles. The lowest BCUT2D eigenvalue weighted by Crippen LogP contribution is -2.50. The number of piperazine rings is 1. The minimum Gasteiger partial charge on any atom is -0.489 e. The summed E-state index contributed by atoms with van der Waals surface area (Å²) in [6, 6.07) is 12.5. The number of nitrogens with zero attached hydrogens (tertiary/aromatic N) is 2. The number of amides is 2. The van der Waals surface area contributed by atoms with Gasteiger partial charge in [0.1, 0.15) is 18.2 Å². The minimum atomic E-state index is -0.529. The number of methoxy groups -OCH3 is 2. The summed E-state index contributed by atoms with van der Waals surface area (Å²) in [5.41, 5.74) is 2.02. The summed E-state index contributed by atoms with van der Waals surface area (Å²) in [5, 5.41) is 3.26. The van der Waals surface area contributed by atoms with Gasteiger partial charge in [0.05, 0.1) is 11.7 Å². The summed E-state index contributed by atoms with van der Waals surface area (Å²) >= 11 is 0. The van der Waals surface area contributed by atoms with Crippen molar-refractivity contribution in [3.63, 3.8) is 0 Å². The van der Waals surface area contributed by atoms with E-state index in [0.717, 1.165) is 55.6 Å². The van der Waals surface area contributed by atoms with E-state index in [9.17, 15) is 9.18 Å². The highest BCUT2D eigenvalue weighted by Gasteiger charge is 2.37. The highest BCUT2D eigenvalue weighted by atomic mass is 19.1. The molecule has 0 unspecified atom stereocenters. The Hall–Kier alpha value is -2.68. The van der Waals surface area contributed by atoms with Gasteiger partial charge < -0.3 is 24.4 Å².